The standard InChI is InChI=1S/C19H28N2O2/c1-23-19(22)12-16(10-14-6-8-20-9-7-14)17-11-15-4-2-3-5-18(15)21-13-17/h2-5,14,16-17,20-21H,6-13H2,1H3/t16-,17-/m0/s1. The molecule has 4 nitrogen and oxygen atoms in total. The lowest BCUT2D eigenvalue weighted by Crippen LogP contribution is -2.34. The van der Waals surface area contributed by atoms with E-state index in [-0.39, 0.29) is 5.97 Å². The molecular weight excluding hydrogens is 288 g/mol. The number of hydrogen-bond acceptors (Lipinski definition) is 4. The van der Waals surface area contributed by atoms with Gasteiger partial charge in [-0.2, -0.15) is 0 Å². The highest BCUT2D eigenvalue weighted by Gasteiger charge is 2.30. The third-order valence-corrected chi connectivity index (χ3v) is 5.47. The van der Waals surface area contributed by atoms with E-state index in [4.69, 9.17) is 4.74 Å². The number of anilines is 1. The van der Waals surface area contributed by atoms with Crippen molar-refractivity contribution in [1.29, 1.82) is 0 Å². The lowest BCUT2D eigenvalue weighted by molar-refractivity contribution is -0.142. The highest BCUT2D eigenvalue weighted by atomic mass is 16.5. The van der Waals surface area contributed by atoms with Crippen LogP contribution >= 0.6 is 0 Å². The maximum Gasteiger partial charge on any atom is 0.305 e. The molecule has 1 saturated heterocycles. The van der Waals surface area contributed by atoms with Crippen LogP contribution in [0.3, 0.4) is 0 Å². The normalized spacial score (nSPS) is 22.7. The van der Waals surface area contributed by atoms with Gasteiger partial charge < -0.3 is 15.4 Å². The summed E-state index contributed by atoms with van der Waals surface area (Å²) in [5, 5.41) is 6.99. The molecule has 0 bridgehead atoms. The smallest absolute Gasteiger partial charge is 0.305 e. The lowest BCUT2D eigenvalue weighted by atomic mass is 9.76. The monoisotopic (exact) mass is 316 g/mol. The van der Waals surface area contributed by atoms with E-state index >= 15 is 0 Å². The van der Waals surface area contributed by atoms with Gasteiger partial charge in [-0.3, -0.25) is 4.79 Å². The third-order valence-electron chi connectivity index (χ3n) is 5.47. The maximum atomic E-state index is 11.9. The van der Waals surface area contributed by atoms with Crippen molar-refractivity contribution < 1.29 is 9.53 Å². The second kappa shape index (κ2) is 7.82. The highest BCUT2D eigenvalue weighted by Crippen LogP contribution is 2.35. The van der Waals surface area contributed by atoms with Crippen molar-refractivity contribution in [1.82, 2.24) is 5.32 Å². The molecule has 0 unspecified atom stereocenters. The van der Waals surface area contributed by atoms with Crippen molar-refractivity contribution in [2.45, 2.75) is 32.1 Å². The Labute approximate surface area is 139 Å². The largest absolute Gasteiger partial charge is 0.469 e. The second-order valence-electron chi connectivity index (χ2n) is 6.97. The zero-order valence-electron chi connectivity index (χ0n) is 14.0. The first-order valence-corrected chi connectivity index (χ1v) is 8.85. The molecule has 1 fully saturated rings. The Kier molecular flexibility index (Phi) is 5.55. The number of hydrogen-bond donors (Lipinski definition) is 2. The summed E-state index contributed by atoms with van der Waals surface area (Å²) in [6.07, 6.45) is 5.22. The van der Waals surface area contributed by atoms with Gasteiger partial charge in [-0.15, -0.1) is 0 Å². The summed E-state index contributed by atoms with van der Waals surface area (Å²) in [4.78, 5) is 11.9. The molecule has 126 valence electrons. The van der Waals surface area contributed by atoms with Crippen molar-refractivity contribution in [3.05, 3.63) is 29.8 Å². The molecule has 2 atom stereocenters. The maximum absolute atomic E-state index is 11.9. The Morgan fingerprint density at radius 3 is 2.87 bits per heavy atom. The predicted molar refractivity (Wildman–Crippen MR) is 92.5 cm³/mol. The number of carbonyl (C=O) groups excluding carboxylic acids is 1. The molecule has 0 aromatic heterocycles. The Hall–Kier alpha value is -1.55. The van der Waals surface area contributed by atoms with Crippen molar-refractivity contribution in [3.63, 3.8) is 0 Å². The summed E-state index contributed by atoms with van der Waals surface area (Å²) in [6.45, 7) is 3.19. The van der Waals surface area contributed by atoms with Gasteiger partial charge in [-0.25, -0.2) is 0 Å². The van der Waals surface area contributed by atoms with E-state index in [1.54, 1.807) is 0 Å². The Morgan fingerprint density at radius 1 is 1.30 bits per heavy atom. The average Bonchev–Trinajstić information content (AvgIpc) is 2.61. The summed E-state index contributed by atoms with van der Waals surface area (Å²) in [5.74, 6) is 1.59. The summed E-state index contributed by atoms with van der Waals surface area (Å²) in [6, 6.07) is 8.53. The highest BCUT2D eigenvalue weighted by molar-refractivity contribution is 5.69. The van der Waals surface area contributed by atoms with Crippen molar-refractivity contribution in [2.24, 2.45) is 17.8 Å². The quantitative estimate of drug-likeness (QED) is 0.820. The Morgan fingerprint density at radius 2 is 2.09 bits per heavy atom. The number of esters is 1. The molecule has 0 radical (unpaired) electrons. The molecule has 2 heterocycles. The molecule has 0 amide bonds. The molecule has 2 aliphatic heterocycles. The zero-order chi connectivity index (χ0) is 16.1. The minimum absolute atomic E-state index is 0.0669. The molecule has 2 N–H and O–H groups in total. The number of piperidine rings is 1. The van der Waals surface area contributed by atoms with Gasteiger partial charge in [0.05, 0.1) is 7.11 Å². The van der Waals surface area contributed by atoms with Gasteiger partial charge in [-0.05, 0) is 68.2 Å². The van der Waals surface area contributed by atoms with Crippen LogP contribution in [-0.4, -0.2) is 32.7 Å². The van der Waals surface area contributed by atoms with Crippen molar-refractivity contribution >= 4 is 11.7 Å². The van der Waals surface area contributed by atoms with Crippen LogP contribution in [0.15, 0.2) is 24.3 Å². The van der Waals surface area contributed by atoms with Crippen LogP contribution in [0.5, 0.6) is 0 Å². The number of benzene rings is 1. The van der Waals surface area contributed by atoms with E-state index < -0.39 is 0 Å². The first kappa shape index (κ1) is 16.3. The third kappa shape index (κ3) is 4.25. The van der Waals surface area contributed by atoms with Gasteiger partial charge in [-0.1, -0.05) is 18.2 Å². The second-order valence-corrected chi connectivity index (χ2v) is 6.97. The summed E-state index contributed by atoms with van der Waals surface area (Å²) < 4.78 is 4.96. The number of para-hydroxylation sites is 1. The van der Waals surface area contributed by atoms with E-state index in [0.29, 0.717) is 18.3 Å². The average molecular weight is 316 g/mol. The van der Waals surface area contributed by atoms with Crippen molar-refractivity contribution in [2.75, 3.05) is 32.1 Å². The van der Waals surface area contributed by atoms with Gasteiger partial charge in [0, 0.05) is 18.7 Å². The fraction of sp³-hybridized carbons (Fsp3) is 0.632. The minimum atomic E-state index is -0.0669. The van der Waals surface area contributed by atoms with E-state index in [1.807, 2.05) is 0 Å². The van der Waals surface area contributed by atoms with E-state index in [2.05, 4.69) is 34.9 Å². The van der Waals surface area contributed by atoms with Gasteiger partial charge in [0.15, 0.2) is 0 Å². The van der Waals surface area contributed by atoms with Gasteiger partial charge in [0.1, 0.15) is 0 Å². The van der Waals surface area contributed by atoms with Gasteiger partial charge in [0.25, 0.3) is 0 Å². The molecule has 0 saturated carbocycles. The first-order valence-electron chi connectivity index (χ1n) is 8.85. The fourth-order valence-corrected chi connectivity index (χ4v) is 4.09. The molecule has 2 aliphatic rings. The number of rotatable bonds is 5. The number of nitrogens with one attached hydrogen (secondary N) is 2. The van der Waals surface area contributed by atoms with Crippen LogP contribution in [0.1, 0.15) is 31.2 Å². The summed E-state index contributed by atoms with van der Waals surface area (Å²) in [5.41, 5.74) is 2.63. The van der Waals surface area contributed by atoms with E-state index in [1.165, 1.54) is 31.2 Å². The first-order chi connectivity index (χ1) is 11.3. The van der Waals surface area contributed by atoms with E-state index in [9.17, 15) is 4.79 Å². The molecular formula is C19H28N2O2. The van der Waals surface area contributed by atoms with E-state index in [0.717, 1.165) is 38.4 Å². The Bertz CT molecular complexity index is 526. The zero-order valence-corrected chi connectivity index (χ0v) is 14.0. The fourth-order valence-electron chi connectivity index (χ4n) is 4.09. The van der Waals surface area contributed by atoms with Crippen LogP contribution in [0.4, 0.5) is 5.69 Å². The van der Waals surface area contributed by atoms with Gasteiger partial charge >= 0.3 is 5.97 Å². The van der Waals surface area contributed by atoms with Gasteiger partial charge in [0.2, 0.25) is 0 Å². The Balaban J connectivity index is 1.68. The lowest BCUT2D eigenvalue weighted by Gasteiger charge is -2.35. The van der Waals surface area contributed by atoms with Crippen LogP contribution in [-0.2, 0) is 16.0 Å². The molecule has 23 heavy (non-hydrogen) atoms. The topological polar surface area (TPSA) is 50.4 Å². The van der Waals surface area contributed by atoms with Crippen LogP contribution in [0.25, 0.3) is 0 Å². The summed E-state index contributed by atoms with van der Waals surface area (Å²) in [7, 11) is 1.50. The molecule has 0 aliphatic carbocycles. The molecule has 0 spiro atoms. The van der Waals surface area contributed by atoms with Crippen LogP contribution < -0.4 is 10.6 Å². The number of fused-ring (bicyclic) bond motifs is 1. The van der Waals surface area contributed by atoms with Crippen LogP contribution in [0, 0.1) is 17.8 Å². The molecule has 1 aromatic rings. The SMILES string of the molecule is COC(=O)C[C@H](CC1CCNCC1)[C@@H]1CNc2ccccc2C1. The molecule has 3 rings (SSSR count). The molecule has 1 aromatic carbocycles. The van der Waals surface area contributed by atoms with Crippen molar-refractivity contribution in [3.8, 4) is 0 Å². The minimum Gasteiger partial charge on any atom is -0.469 e. The number of methoxy groups -OCH3 is 1. The number of ether oxygens (including phenoxy) is 1. The van der Waals surface area contributed by atoms with Crippen LogP contribution in [0.2, 0.25) is 0 Å². The summed E-state index contributed by atoms with van der Waals surface area (Å²) >= 11 is 0. The molecule has 4 heteroatoms. The number of carbonyl (C=O) groups is 1. The predicted octanol–water partition coefficient (Wildman–Crippen LogP) is 2.84.